The lowest BCUT2D eigenvalue weighted by molar-refractivity contribution is -0.0313. The van der Waals surface area contributed by atoms with Crippen LogP contribution >= 0.6 is 23.5 Å². The van der Waals surface area contributed by atoms with E-state index in [4.69, 9.17) is 14.2 Å². The maximum absolute atomic E-state index is 13.2. The second kappa shape index (κ2) is 14.1. The van der Waals surface area contributed by atoms with E-state index in [2.05, 4.69) is 0 Å². The molecule has 41 heavy (non-hydrogen) atoms. The molecule has 1 aliphatic rings. The lowest BCUT2D eigenvalue weighted by atomic mass is 10.1. The summed E-state index contributed by atoms with van der Waals surface area (Å²) in [6.45, 7) is -0.0209. The number of carbonyl (C=O) groups excluding carboxylic acids is 3. The van der Waals surface area contributed by atoms with Gasteiger partial charge in [-0.15, -0.1) is 23.5 Å². The van der Waals surface area contributed by atoms with Crippen LogP contribution < -0.4 is 0 Å². The third-order valence-corrected chi connectivity index (χ3v) is 9.55. The van der Waals surface area contributed by atoms with Crippen molar-refractivity contribution in [3.8, 4) is 0 Å². The molecule has 0 N–H and O–H groups in total. The topological polar surface area (TPSA) is 78.9 Å². The lowest BCUT2D eigenvalue weighted by Gasteiger charge is -2.26. The highest BCUT2D eigenvalue weighted by Crippen LogP contribution is 2.45. The first-order valence-electron chi connectivity index (χ1n) is 13.1. The molecule has 1 saturated heterocycles. The van der Waals surface area contributed by atoms with Crippen LogP contribution in [0.25, 0.3) is 0 Å². The van der Waals surface area contributed by atoms with Crippen molar-refractivity contribution in [1.82, 2.24) is 0 Å². The van der Waals surface area contributed by atoms with Crippen molar-refractivity contribution in [2.75, 3.05) is 6.61 Å². The highest BCUT2D eigenvalue weighted by atomic mass is 32.2. The van der Waals surface area contributed by atoms with Crippen molar-refractivity contribution in [2.45, 2.75) is 27.8 Å². The van der Waals surface area contributed by atoms with E-state index in [-0.39, 0.29) is 11.2 Å². The summed E-state index contributed by atoms with van der Waals surface area (Å²) in [4.78, 5) is 39.2. The second-order valence-electron chi connectivity index (χ2n) is 9.28. The summed E-state index contributed by atoms with van der Waals surface area (Å²) < 4.78 is 17.5. The summed E-state index contributed by atoms with van der Waals surface area (Å²) in [5.74, 6) is -0.861. The number of hydrogen-bond donors (Lipinski definition) is 0. The zero-order chi connectivity index (χ0) is 28.4. The molecule has 0 aromatic heterocycles. The summed E-state index contributed by atoms with van der Waals surface area (Å²) in [5.41, 5.74) is 2.32. The first-order chi connectivity index (χ1) is 20.1. The number of ether oxygens (including phenoxy) is 3. The molecule has 4 aromatic carbocycles. The van der Waals surface area contributed by atoms with Gasteiger partial charge in [-0.3, -0.25) is 0 Å². The Morgan fingerprint density at radius 1 is 0.585 bits per heavy atom. The van der Waals surface area contributed by atoms with E-state index < -0.39 is 35.4 Å². The molecule has 0 radical (unpaired) electrons. The normalized spacial score (nSPS) is 19.7. The van der Waals surface area contributed by atoms with Crippen molar-refractivity contribution < 1.29 is 28.6 Å². The van der Waals surface area contributed by atoms with Gasteiger partial charge in [-0.05, 0) is 42.0 Å². The molecule has 4 aromatic rings. The molecule has 0 aliphatic carbocycles. The molecule has 208 valence electrons. The van der Waals surface area contributed by atoms with E-state index in [1.165, 1.54) is 11.8 Å². The van der Waals surface area contributed by atoms with E-state index in [0.29, 0.717) is 22.4 Å². The molecule has 1 fully saturated rings. The van der Waals surface area contributed by atoms with Crippen LogP contribution in [0.2, 0.25) is 0 Å². The third kappa shape index (κ3) is 7.60. The van der Waals surface area contributed by atoms with Gasteiger partial charge in [0.1, 0.15) is 6.61 Å². The van der Waals surface area contributed by atoms with E-state index in [1.807, 2.05) is 48.5 Å². The van der Waals surface area contributed by atoms with E-state index in [9.17, 15) is 14.4 Å². The van der Waals surface area contributed by atoms with Gasteiger partial charge >= 0.3 is 17.9 Å². The molecule has 0 unspecified atom stereocenters. The monoisotopic (exact) mass is 584 g/mol. The minimum atomic E-state index is -0.850. The van der Waals surface area contributed by atoms with Gasteiger partial charge in [0.25, 0.3) is 0 Å². The first kappa shape index (κ1) is 28.5. The molecule has 1 aliphatic heterocycles. The largest absolute Gasteiger partial charge is 0.461 e. The van der Waals surface area contributed by atoms with Crippen molar-refractivity contribution in [1.29, 1.82) is 0 Å². The number of carbonyl (C=O) groups is 3. The highest BCUT2D eigenvalue weighted by Gasteiger charge is 2.50. The van der Waals surface area contributed by atoms with Crippen molar-refractivity contribution in [3.05, 3.63) is 144 Å². The Morgan fingerprint density at radius 3 is 1.54 bits per heavy atom. The van der Waals surface area contributed by atoms with Crippen LogP contribution in [-0.2, 0) is 20.0 Å². The van der Waals surface area contributed by atoms with E-state index >= 15 is 0 Å². The molecule has 4 atom stereocenters. The van der Waals surface area contributed by atoms with Gasteiger partial charge in [0.15, 0.2) is 12.2 Å². The molecule has 6 nitrogen and oxygen atoms in total. The van der Waals surface area contributed by atoms with Crippen LogP contribution in [0.5, 0.6) is 0 Å². The molecule has 0 spiro atoms. The van der Waals surface area contributed by atoms with Gasteiger partial charge in [-0.25, -0.2) is 14.4 Å². The van der Waals surface area contributed by atoms with Crippen LogP contribution in [-0.4, -0.2) is 46.6 Å². The van der Waals surface area contributed by atoms with Crippen LogP contribution in [0.3, 0.4) is 0 Å². The first-order valence-corrected chi connectivity index (χ1v) is 15.1. The van der Waals surface area contributed by atoms with Crippen molar-refractivity contribution >= 4 is 41.4 Å². The lowest BCUT2D eigenvalue weighted by Crippen LogP contribution is -2.41. The van der Waals surface area contributed by atoms with Crippen molar-refractivity contribution in [2.24, 2.45) is 0 Å². The van der Waals surface area contributed by atoms with Gasteiger partial charge in [0.2, 0.25) is 0 Å². The number of rotatable bonds is 10. The Labute approximate surface area is 247 Å². The highest BCUT2D eigenvalue weighted by molar-refractivity contribution is 8.17. The fourth-order valence-electron chi connectivity index (χ4n) is 4.33. The number of esters is 3. The Morgan fingerprint density at radius 2 is 1.02 bits per heavy atom. The Balaban J connectivity index is 1.40. The zero-order valence-corrected chi connectivity index (χ0v) is 23.7. The van der Waals surface area contributed by atoms with E-state index in [1.54, 1.807) is 84.6 Å². The molecular formula is C33H28O6S2. The van der Waals surface area contributed by atoms with Gasteiger partial charge in [-0.1, -0.05) is 84.9 Å². The number of benzene rings is 4. The summed E-state index contributed by atoms with van der Waals surface area (Å²) in [6, 6.07) is 36.1. The summed E-state index contributed by atoms with van der Waals surface area (Å²) in [5, 5.41) is -0.461. The van der Waals surface area contributed by atoms with Gasteiger partial charge in [-0.2, -0.15) is 0 Å². The molecule has 0 amide bonds. The molecule has 0 bridgehead atoms. The summed E-state index contributed by atoms with van der Waals surface area (Å²) >= 11 is 3.09. The SMILES string of the molecule is O=C(OC[C@@H]1S[C@H](SCc2ccccc2)[C@H](OC(=O)c2ccccc2)[C@@H]1OC(=O)c1ccccc1)c1ccccc1. The Hall–Kier alpha value is -4.01. The predicted molar refractivity (Wildman–Crippen MR) is 161 cm³/mol. The van der Waals surface area contributed by atoms with Crippen LogP contribution in [0, 0.1) is 0 Å². The predicted octanol–water partition coefficient (Wildman–Crippen LogP) is 6.67. The minimum absolute atomic E-state index is 0.0209. The third-order valence-electron chi connectivity index (χ3n) is 6.42. The van der Waals surface area contributed by atoms with E-state index in [0.717, 1.165) is 5.56 Å². The molecule has 1 heterocycles. The number of hydrogen-bond acceptors (Lipinski definition) is 8. The summed E-state index contributed by atoms with van der Waals surface area (Å²) in [6.07, 6.45) is -1.63. The van der Waals surface area contributed by atoms with Crippen LogP contribution in [0.1, 0.15) is 36.6 Å². The van der Waals surface area contributed by atoms with Gasteiger partial charge in [0.05, 0.1) is 26.5 Å². The summed E-state index contributed by atoms with van der Waals surface area (Å²) in [7, 11) is 0. The molecule has 5 rings (SSSR count). The Kier molecular flexibility index (Phi) is 9.78. The number of thioether (sulfide) groups is 2. The average molecular weight is 585 g/mol. The van der Waals surface area contributed by atoms with Crippen molar-refractivity contribution in [3.63, 3.8) is 0 Å². The smallest absolute Gasteiger partial charge is 0.338 e. The maximum atomic E-state index is 13.2. The van der Waals surface area contributed by atoms with Gasteiger partial charge < -0.3 is 14.2 Å². The van der Waals surface area contributed by atoms with Gasteiger partial charge in [0, 0.05) is 5.75 Å². The second-order valence-corrected chi connectivity index (χ2v) is 12.1. The molecular weight excluding hydrogens is 556 g/mol. The Bertz CT molecular complexity index is 1430. The average Bonchev–Trinajstić information content (AvgIpc) is 3.35. The van der Waals surface area contributed by atoms with Crippen LogP contribution in [0.15, 0.2) is 121 Å². The quantitative estimate of drug-likeness (QED) is 0.151. The fraction of sp³-hybridized carbons (Fsp3) is 0.182. The maximum Gasteiger partial charge on any atom is 0.338 e. The molecule has 8 heteroatoms. The van der Waals surface area contributed by atoms with Crippen LogP contribution in [0.4, 0.5) is 0 Å². The minimum Gasteiger partial charge on any atom is -0.461 e. The standard InChI is InChI=1S/C33H28O6S2/c34-30(24-15-7-2-8-16-24)37-21-27-28(38-31(35)25-17-9-3-10-18-25)29(39-32(36)26-19-11-4-12-20-26)33(41-27)40-22-23-13-5-1-6-14-23/h1-20,27-29,33H,21-22H2/t27-,28+,29+,33-/m0/s1. The zero-order valence-electron chi connectivity index (χ0n) is 22.0. The fourth-order valence-corrected chi connectivity index (χ4v) is 7.44. The molecule has 0 saturated carbocycles.